The molecule has 21 heavy (non-hydrogen) atoms. The molecule has 0 aromatic carbocycles. The largest absolute Gasteiger partial charge is 0.461 e. The van der Waals surface area contributed by atoms with Crippen molar-refractivity contribution >= 4 is 17.8 Å². The van der Waals surface area contributed by atoms with Crippen LogP contribution in [-0.4, -0.2) is 57.5 Å². The lowest BCUT2D eigenvalue weighted by molar-refractivity contribution is -0.129. The van der Waals surface area contributed by atoms with E-state index in [1.54, 1.807) is 0 Å². The fourth-order valence-electron chi connectivity index (χ4n) is 2.81. The number of rotatable bonds is 3. The van der Waals surface area contributed by atoms with Gasteiger partial charge in [0, 0.05) is 32.1 Å². The molecule has 8 nitrogen and oxygen atoms in total. The first-order valence-electron chi connectivity index (χ1n) is 7.25. The van der Waals surface area contributed by atoms with E-state index < -0.39 is 0 Å². The van der Waals surface area contributed by atoms with Crippen LogP contribution in [0.5, 0.6) is 6.01 Å². The van der Waals surface area contributed by atoms with Crippen LogP contribution in [0.2, 0.25) is 0 Å². The van der Waals surface area contributed by atoms with Crippen LogP contribution < -0.4 is 15.4 Å². The molecule has 2 saturated heterocycles. The van der Waals surface area contributed by atoms with E-state index in [0.717, 1.165) is 13.0 Å². The van der Waals surface area contributed by atoms with Crippen LogP contribution in [0.15, 0.2) is 0 Å². The minimum Gasteiger partial charge on any atom is -0.461 e. The van der Waals surface area contributed by atoms with Crippen LogP contribution in [0, 0.1) is 0 Å². The van der Waals surface area contributed by atoms with Crippen LogP contribution in [0.1, 0.15) is 26.7 Å². The number of hydrogen-bond donors (Lipinski definition) is 1. The van der Waals surface area contributed by atoms with Gasteiger partial charge in [-0.1, -0.05) is 0 Å². The van der Waals surface area contributed by atoms with Crippen LogP contribution in [-0.2, 0) is 4.79 Å². The molecule has 1 unspecified atom stereocenters. The molecule has 1 amide bonds. The molecular weight excluding hydrogens is 272 g/mol. The summed E-state index contributed by atoms with van der Waals surface area (Å²) >= 11 is 0. The van der Waals surface area contributed by atoms with E-state index in [1.165, 1.54) is 0 Å². The summed E-state index contributed by atoms with van der Waals surface area (Å²) < 4.78 is 5.50. The van der Waals surface area contributed by atoms with Crippen molar-refractivity contribution in [3.05, 3.63) is 0 Å². The van der Waals surface area contributed by atoms with E-state index in [1.807, 2.05) is 23.6 Å². The minimum atomic E-state index is -0.0241. The Balaban J connectivity index is 1.78. The number of nitrogens with zero attached hydrogens (tertiary/aromatic N) is 5. The zero-order chi connectivity index (χ0) is 15.0. The summed E-state index contributed by atoms with van der Waals surface area (Å²) in [7, 11) is 0. The molecule has 1 aromatic heterocycles. The number of fused-ring (bicyclic) bond motifs is 1. The van der Waals surface area contributed by atoms with Crippen molar-refractivity contribution in [3.8, 4) is 6.01 Å². The zero-order valence-electron chi connectivity index (χ0n) is 12.3. The standard InChI is InChI=1S/C13H20N6O2/c1-8(2)21-13-16-11(14)15-12(17-13)18-5-6-19-9(7-18)3-4-10(19)20/h8-9H,3-7H2,1-2H3,(H2,14,15,16,17). The first-order valence-corrected chi connectivity index (χ1v) is 7.25. The number of amides is 1. The van der Waals surface area contributed by atoms with Gasteiger partial charge in [-0.2, -0.15) is 15.0 Å². The van der Waals surface area contributed by atoms with Crippen molar-refractivity contribution < 1.29 is 9.53 Å². The van der Waals surface area contributed by atoms with Crippen LogP contribution >= 0.6 is 0 Å². The van der Waals surface area contributed by atoms with E-state index in [2.05, 4.69) is 15.0 Å². The minimum absolute atomic E-state index is 0.0241. The molecule has 114 valence electrons. The van der Waals surface area contributed by atoms with Crippen molar-refractivity contribution in [2.75, 3.05) is 30.3 Å². The first kappa shape index (κ1) is 13.8. The molecule has 2 aliphatic rings. The highest BCUT2D eigenvalue weighted by Gasteiger charge is 2.36. The SMILES string of the molecule is CC(C)Oc1nc(N)nc(N2CCN3C(=O)CCC3C2)n1. The van der Waals surface area contributed by atoms with Gasteiger partial charge in [0.2, 0.25) is 17.8 Å². The van der Waals surface area contributed by atoms with Crippen molar-refractivity contribution in [1.29, 1.82) is 0 Å². The van der Waals surface area contributed by atoms with Gasteiger partial charge >= 0.3 is 6.01 Å². The number of carbonyl (C=O) groups is 1. The van der Waals surface area contributed by atoms with Gasteiger partial charge in [0.25, 0.3) is 0 Å². The molecule has 1 aromatic rings. The van der Waals surface area contributed by atoms with Gasteiger partial charge in [0.1, 0.15) is 0 Å². The summed E-state index contributed by atoms with van der Waals surface area (Å²) in [4.78, 5) is 28.2. The van der Waals surface area contributed by atoms with Crippen LogP contribution in [0.4, 0.5) is 11.9 Å². The van der Waals surface area contributed by atoms with Crippen molar-refractivity contribution in [2.45, 2.75) is 38.8 Å². The second-order valence-electron chi connectivity index (χ2n) is 5.67. The fraction of sp³-hybridized carbons (Fsp3) is 0.692. The monoisotopic (exact) mass is 292 g/mol. The highest BCUT2D eigenvalue weighted by molar-refractivity contribution is 5.79. The molecule has 2 aliphatic heterocycles. The summed E-state index contributed by atoms with van der Waals surface area (Å²) in [6.07, 6.45) is 1.51. The maximum atomic E-state index is 11.7. The molecule has 3 heterocycles. The maximum Gasteiger partial charge on any atom is 0.323 e. The molecule has 1 atom stereocenters. The Kier molecular flexibility index (Phi) is 3.52. The number of ether oxygens (including phenoxy) is 1. The quantitative estimate of drug-likeness (QED) is 0.840. The molecule has 0 aliphatic carbocycles. The van der Waals surface area contributed by atoms with E-state index in [4.69, 9.17) is 10.5 Å². The summed E-state index contributed by atoms with van der Waals surface area (Å²) in [5.74, 6) is 0.927. The molecule has 2 N–H and O–H groups in total. The zero-order valence-corrected chi connectivity index (χ0v) is 12.3. The first-order chi connectivity index (χ1) is 10.0. The molecular formula is C13H20N6O2. The molecule has 0 saturated carbocycles. The lowest BCUT2D eigenvalue weighted by Gasteiger charge is -2.37. The summed E-state index contributed by atoms with van der Waals surface area (Å²) in [5.41, 5.74) is 5.74. The number of nitrogens with two attached hydrogens (primary N) is 1. The van der Waals surface area contributed by atoms with Gasteiger partial charge in [-0.05, 0) is 20.3 Å². The number of hydrogen-bond acceptors (Lipinski definition) is 7. The Morgan fingerprint density at radius 1 is 1.29 bits per heavy atom. The average molecular weight is 292 g/mol. The van der Waals surface area contributed by atoms with E-state index >= 15 is 0 Å². The van der Waals surface area contributed by atoms with E-state index in [0.29, 0.717) is 25.5 Å². The normalized spacial score (nSPS) is 21.9. The Morgan fingerprint density at radius 3 is 2.86 bits per heavy atom. The third-order valence-electron chi connectivity index (χ3n) is 3.74. The topological polar surface area (TPSA) is 97.5 Å². The Bertz CT molecular complexity index is 549. The van der Waals surface area contributed by atoms with Gasteiger partial charge in [0.05, 0.1) is 6.10 Å². The third kappa shape index (κ3) is 2.84. The number of nitrogen functional groups attached to an aromatic ring is 1. The smallest absolute Gasteiger partial charge is 0.323 e. The highest BCUT2D eigenvalue weighted by Crippen LogP contribution is 2.25. The number of aromatic nitrogens is 3. The second kappa shape index (κ2) is 5.34. The van der Waals surface area contributed by atoms with Crippen LogP contribution in [0.3, 0.4) is 0 Å². The number of anilines is 2. The average Bonchev–Trinajstić information content (AvgIpc) is 2.78. The lowest BCUT2D eigenvalue weighted by Crippen LogP contribution is -2.52. The number of piperazine rings is 1. The van der Waals surface area contributed by atoms with Crippen molar-refractivity contribution in [3.63, 3.8) is 0 Å². The Hall–Kier alpha value is -2.12. The second-order valence-corrected chi connectivity index (χ2v) is 5.67. The summed E-state index contributed by atoms with van der Waals surface area (Å²) in [5, 5.41) is 0. The van der Waals surface area contributed by atoms with Crippen LogP contribution in [0.25, 0.3) is 0 Å². The summed E-state index contributed by atoms with van der Waals surface area (Å²) in [6.45, 7) is 5.95. The van der Waals surface area contributed by atoms with Gasteiger partial charge < -0.3 is 20.3 Å². The number of carbonyl (C=O) groups excluding carboxylic acids is 1. The van der Waals surface area contributed by atoms with E-state index in [9.17, 15) is 4.79 Å². The molecule has 2 fully saturated rings. The molecule has 8 heteroatoms. The van der Waals surface area contributed by atoms with Gasteiger partial charge in [-0.15, -0.1) is 0 Å². The third-order valence-corrected chi connectivity index (χ3v) is 3.74. The molecule has 0 bridgehead atoms. The molecule has 0 spiro atoms. The van der Waals surface area contributed by atoms with Crippen molar-refractivity contribution in [1.82, 2.24) is 19.9 Å². The van der Waals surface area contributed by atoms with Gasteiger partial charge in [-0.3, -0.25) is 4.79 Å². The predicted molar refractivity (Wildman–Crippen MR) is 77.0 cm³/mol. The summed E-state index contributed by atoms with van der Waals surface area (Å²) in [6, 6.07) is 0.496. The fourth-order valence-corrected chi connectivity index (χ4v) is 2.81. The molecule has 0 radical (unpaired) electrons. The van der Waals surface area contributed by atoms with E-state index in [-0.39, 0.29) is 30.0 Å². The van der Waals surface area contributed by atoms with Gasteiger partial charge in [-0.25, -0.2) is 0 Å². The Labute approximate surface area is 123 Å². The molecule has 3 rings (SSSR count). The maximum absolute atomic E-state index is 11.7. The Morgan fingerprint density at radius 2 is 2.10 bits per heavy atom. The lowest BCUT2D eigenvalue weighted by atomic mass is 10.2. The highest BCUT2D eigenvalue weighted by atomic mass is 16.5. The van der Waals surface area contributed by atoms with Crippen molar-refractivity contribution in [2.24, 2.45) is 0 Å². The predicted octanol–water partition coefficient (Wildman–Crippen LogP) is 0.0520. The van der Waals surface area contributed by atoms with Gasteiger partial charge in [0.15, 0.2) is 0 Å².